The van der Waals surface area contributed by atoms with Crippen LogP contribution in [0.4, 0.5) is 0 Å². The molecule has 90 valence electrons. The van der Waals surface area contributed by atoms with Crippen LogP contribution in [-0.4, -0.2) is 17.3 Å². The summed E-state index contributed by atoms with van der Waals surface area (Å²) < 4.78 is 5.59. The van der Waals surface area contributed by atoms with Crippen molar-refractivity contribution in [3.05, 3.63) is 48.6 Å². The summed E-state index contributed by atoms with van der Waals surface area (Å²) in [6, 6.07) is 9.87. The number of aliphatic hydroxyl groups is 1. The number of hydrogen-bond acceptors (Lipinski definition) is 2. The van der Waals surface area contributed by atoms with E-state index >= 15 is 0 Å². The lowest BCUT2D eigenvalue weighted by atomic mass is 10.1. The molecule has 2 unspecified atom stereocenters. The van der Waals surface area contributed by atoms with Gasteiger partial charge in [-0.2, -0.15) is 0 Å². The zero-order valence-electron chi connectivity index (χ0n) is 9.88. The van der Waals surface area contributed by atoms with Gasteiger partial charge in [-0.1, -0.05) is 42.3 Å². The van der Waals surface area contributed by atoms with E-state index in [-0.39, 0.29) is 6.10 Å². The summed E-state index contributed by atoms with van der Waals surface area (Å²) in [5.41, 5.74) is 1.09. The molecular formula is C15H18O2. The molecule has 0 radical (unpaired) electrons. The molecule has 0 aliphatic heterocycles. The molecule has 0 aromatic heterocycles. The first kappa shape index (κ1) is 13.5. The number of hydrogen-bond donors (Lipinski definition) is 1. The van der Waals surface area contributed by atoms with E-state index in [0.717, 1.165) is 5.56 Å². The highest BCUT2D eigenvalue weighted by Crippen LogP contribution is 2.09. The predicted octanol–water partition coefficient (Wildman–Crippen LogP) is 2.53. The Bertz CT molecular complexity index is 364. The first-order chi connectivity index (χ1) is 8.26. The second kappa shape index (κ2) is 7.67. The Morgan fingerprint density at radius 3 is 2.65 bits per heavy atom. The lowest BCUT2D eigenvalue weighted by Crippen LogP contribution is -2.13. The maximum absolute atomic E-state index is 9.35. The molecule has 0 fully saturated rings. The lowest BCUT2D eigenvalue weighted by Gasteiger charge is -2.13. The largest absolute Gasteiger partial charge is 0.389 e. The van der Waals surface area contributed by atoms with Crippen molar-refractivity contribution in [2.75, 3.05) is 0 Å². The SMILES string of the molecule is C#CC(CCC(O)C=C)OCc1ccccc1. The molecule has 2 heteroatoms. The van der Waals surface area contributed by atoms with Crippen LogP contribution in [0.15, 0.2) is 43.0 Å². The van der Waals surface area contributed by atoms with E-state index in [9.17, 15) is 5.11 Å². The summed E-state index contributed by atoms with van der Waals surface area (Å²) in [6.45, 7) is 4.02. The van der Waals surface area contributed by atoms with Gasteiger partial charge in [-0.3, -0.25) is 0 Å². The molecule has 2 atom stereocenters. The Balaban J connectivity index is 2.33. The van der Waals surface area contributed by atoms with Gasteiger partial charge < -0.3 is 9.84 Å². The van der Waals surface area contributed by atoms with Gasteiger partial charge in [0.15, 0.2) is 0 Å². The molecule has 1 aromatic rings. The van der Waals surface area contributed by atoms with Crippen LogP contribution in [0.25, 0.3) is 0 Å². The molecule has 0 amide bonds. The summed E-state index contributed by atoms with van der Waals surface area (Å²) in [4.78, 5) is 0. The average Bonchev–Trinajstić information content (AvgIpc) is 2.39. The van der Waals surface area contributed by atoms with Gasteiger partial charge in [0.25, 0.3) is 0 Å². The van der Waals surface area contributed by atoms with E-state index < -0.39 is 6.10 Å². The lowest BCUT2D eigenvalue weighted by molar-refractivity contribution is 0.0632. The summed E-state index contributed by atoms with van der Waals surface area (Å²) in [5, 5.41) is 9.35. The molecule has 2 nitrogen and oxygen atoms in total. The molecular weight excluding hydrogens is 212 g/mol. The van der Waals surface area contributed by atoms with E-state index in [1.807, 2.05) is 30.3 Å². The third-order valence-electron chi connectivity index (χ3n) is 2.48. The Morgan fingerprint density at radius 2 is 2.06 bits per heavy atom. The van der Waals surface area contributed by atoms with E-state index in [4.69, 9.17) is 11.2 Å². The van der Waals surface area contributed by atoms with Crippen LogP contribution >= 0.6 is 0 Å². The predicted molar refractivity (Wildman–Crippen MR) is 69.3 cm³/mol. The van der Waals surface area contributed by atoms with Crippen molar-refractivity contribution in [2.24, 2.45) is 0 Å². The van der Waals surface area contributed by atoms with Crippen LogP contribution in [0, 0.1) is 12.3 Å². The fraction of sp³-hybridized carbons (Fsp3) is 0.333. The molecule has 0 spiro atoms. The average molecular weight is 230 g/mol. The van der Waals surface area contributed by atoms with Crippen molar-refractivity contribution in [1.29, 1.82) is 0 Å². The second-order valence-corrected chi connectivity index (χ2v) is 3.83. The maximum atomic E-state index is 9.35. The van der Waals surface area contributed by atoms with Gasteiger partial charge >= 0.3 is 0 Å². The number of rotatable bonds is 7. The fourth-order valence-electron chi connectivity index (χ4n) is 1.43. The Morgan fingerprint density at radius 1 is 1.35 bits per heavy atom. The van der Waals surface area contributed by atoms with Crippen LogP contribution in [-0.2, 0) is 11.3 Å². The van der Waals surface area contributed by atoms with E-state index in [1.54, 1.807) is 0 Å². The molecule has 1 N–H and O–H groups in total. The molecule has 0 aliphatic carbocycles. The minimum atomic E-state index is -0.508. The monoisotopic (exact) mass is 230 g/mol. The molecule has 0 saturated heterocycles. The molecule has 0 saturated carbocycles. The summed E-state index contributed by atoms with van der Waals surface area (Å²) in [5.74, 6) is 2.58. The van der Waals surface area contributed by atoms with Gasteiger partial charge in [0.05, 0.1) is 12.7 Å². The van der Waals surface area contributed by atoms with Gasteiger partial charge in [0.2, 0.25) is 0 Å². The van der Waals surface area contributed by atoms with E-state index in [2.05, 4.69) is 12.5 Å². The van der Waals surface area contributed by atoms with Crippen LogP contribution in [0.5, 0.6) is 0 Å². The van der Waals surface area contributed by atoms with Crippen molar-refractivity contribution in [3.63, 3.8) is 0 Å². The van der Waals surface area contributed by atoms with Gasteiger partial charge in [-0.25, -0.2) is 0 Å². The standard InChI is InChI=1S/C15H18O2/c1-3-14(16)10-11-15(4-2)17-12-13-8-6-5-7-9-13/h2-3,5-9,14-16H,1,10-12H2. The van der Waals surface area contributed by atoms with Crippen LogP contribution in [0.2, 0.25) is 0 Å². The normalized spacial score (nSPS) is 13.6. The maximum Gasteiger partial charge on any atom is 0.118 e. The second-order valence-electron chi connectivity index (χ2n) is 3.83. The Kier molecular flexibility index (Phi) is 6.09. The number of ether oxygens (including phenoxy) is 1. The molecule has 0 heterocycles. The van der Waals surface area contributed by atoms with Crippen LogP contribution in [0.3, 0.4) is 0 Å². The summed E-state index contributed by atoms with van der Waals surface area (Å²) in [6.07, 6.45) is 7.33. The Hall–Kier alpha value is -1.56. The first-order valence-electron chi connectivity index (χ1n) is 5.68. The smallest absolute Gasteiger partial charge is 0.118 e. The van der Waals surface area contributed by atoms with Crippen molar-refractivity contribution in [3.8, 4) is 12.3 Å². The van der Waals surface area contributed by atoms with Crippen LogP contribution in [0.1, 0.15) is 18.4 Å². The quantitative estimate of drug-likeness (QED) is 0.576. The van der Waals surface area contributed by atoms with Gasteiger partial charge in [-0.15, -0.1) is 13.0 Å². The highest BCUT2D eigenvalue weighted by Gasteiger charge is 2.08. The number of terminal acetylenes is 1. The van der Waals surface area contributed by atoms with E-state index in [1.165, 1.54) is 6.08 Å². The molecule has 0 aliphatic rings. The fourth-order valence-corrected chi connectivity index (χ4v) is 1.43. The van der Waals surface area contributed by atoms with Crippen molar-refractivity contribution >= 4 is 0 Å². The van der Waals surface area contributed by atoms with Gasteiger partial charge in [0.1, 0.15) is 6.10 Å². The zero-order valence-corrected chi connectivity index (χ0v) is 9.88. The summed E-state index contributed by atoms with van der Waals surface area (Å²) >= 11 is 0. The minimum Gasteiger partial charge on any atom is -0.389 e. The molecule has 1 rings (SSSR count). The number of aliphatic hydroxyl groups excluding tert-OH is 1. The highest BCUT2D eigenvalue weighted by molar-refractivity contribution is 5.13. The highest BCUT2D eigenvalue weighted by atomic mass is 16.5. The first-order valence-corrected chi connectivity index (χ1v) is 5.68. The third-order valence-corrected chi connectivity index (χ3v) is 2.48. The van der Waals surface area contributed by atoms with Gasteiger partial charge in [0, 0.05) is 0 Å². The summed E-state index contributed by atoms with van der Waals surface area (Å²) in [7, 11) is 0. The minimum absolute atomic E-state index is 0.259. The number of benzene rings is 1. The van der Waals surface area contributed by atoms with Crippen molar-refractivity contribution < 1.29 is 9.84 Å². The zero-order chi connectivity index (χ0) is 12.5. The topological polar surface area (TPSA) is 29.5 Å². The van der Waals surface area contributed by atoms with Crippen molar-refractivity contribution in [2.45, 2.75) is 31.7 Å². The van der Waals surface area contributed by atoms with Gasteiger partial charge in [-0.05, 0) is 18.4 Å². The molecule has 0 bridgehead atoms. The Labute approximate surface area is 103 Å². The van der Waals surface area contributed by atoms with Crippen LogP contribution < -0.4 is 0 Å². The molecule has 17 heavy (non-hydrogen) atoms. The van der Waals surface area contributed by atoms with E-state index in [0.29, 0.717) is 19.4 Å². The van der Waals surface area contributed by atoms with Crippen molar-refractivity contribution in [1.82, 2.24) is 0 Å². The third kappa shape index (κ3) is 5.35. The molecule has 1 aromatic carbocycles.